The van der Waals surface area contributed by atoms with Crippen molar-refractivity contribution in [2.24, 2.45) is 0 Å². The first-order valence-electron chi connectivity index (χ1n) is 7.22. The third-order valence-electron chi connectivity index (χ3n) is 3.38. The van der Waals surface area contributed by atoms with Crippen molar-refractivity contribution in [2.45, 2.75) is 11.8 Å². The fourth-order valence-electron chi connectivity index (χ4n) is 2.07. The highest BCUT2D eigenvalue weighted by atomic mass is 35.5. The second-order valence-electron chi connectivity index (χ2n) is 5.16. The van der Waals surface area contributed by atoms with Gasteiger partial charge in [0.2, 0.25) is 0 Å². The third kappa shape index (κ3) is 4.27. The number of methoxy groups -OCH3 is 1. The molecule has 2 aromatic rings. The highest BCUT2D eigenvalue weighted by Gasteiger charge is 2.63. The van der Waals surface area contributed by atoms with Crippen molar-refractivity contribution in [1.82, 2.24) is 10.3 Å². The SMILES string of the molecule is COC(=O)[C@](NC(=O)c1ccccc1F)(Nc1ccc(Cl)cn1)C(F)(F)F. The zero-order chi connectivity index (χ0) is 20.2. The average molecular weight is 406 g/mol. The summed E-state index contributed by atoms with van der Waals surface area (Å²) in [5.41, 5.74) is -4.41. The van der Waals surface area contributed by atoms with Crippen LogP contribution in [-0.4, -0.2) is 35.8 Å². The first-order chi connectivity index (χ1) is 12.6. The maximum atomic E-state index is 13.8. The second-order valence-corrected chi connectivity index (χ2v) is 5.60. The Kier molecular flexibility index (Phi) is 5.89. The smallest absolute Gasteiger partial charge is 0.441 e. The number of hydrogen-bond donors (Lipinski definition) is 2. The van der Waals surface area contributed by atoms with Gasteiger partial charge in [-0.1, -0.05) is 23.7 Å². The van der Waals surface area contributed by atoms with Gasteiger partial charge in [-0.15, -0.1) is 0 Å². The Morgan fingerprint density at radius 2 is 1.81 bits per heavy atom. The van der Waals surface area contributed by atoms with Crippen LogP contribution < -0.4 is 10.6 Å². The molecule has 0 aliphatic heterocycles. The van der Waals surface area contributed by atoms with Crippen molar-refractivity contribution in [3.8, 4) is 0 Å². The molecule has 1 atom stereocenters. The molecule has 0 bridgehead atoms. The molecule has 1 aromatic heterocycles. The van der Waals surface area contributed by atoms with Gasteiger partial charge in [0.25, 0.3) is 5.91 Å². The van der Waals surface area contributed by atoms with Crippen molar-refractivity contribution in [1.29, 1.82) is 0 Å². The van der Waals surface area contributed by atoms with Crippen LogP contribution in [0.5, 0.6) is 0 Å². The Labute approximate surface area is 155 Å². The minimum absolute atomic E-state index is 0.131. The summed E-state index contributed by atoms with van der Waals surface area (Å²) in [5.74, 6) is -4.87. The molecule has 0 radical (unpaired) electrons. The van der Waals surface area contributed by atoms with Crippen molar-refractivity contribution in [2.75, 3.05) is 12.4 Å². The quantitative estimate of drug-likeness (QED) is 0.454. The lowest BCUT2D eigenvalue weighted by molar-refractivity contribution is -0.203. The van der Waals surface area contributed by atoms with Gasteiger partial charge in [0.1, 0.15) is 11.6 Å². The lowest BCUT2D eigenvalue weighted by Gasteiger charge is -2.34. The van der Waals surface area contributed by atoms with Gasteiger partial charge in [-0.05, 0) is 24.3 Å². The maximum Gasteiger partial charge on any atom is 0.441 e. The minimum atomic E-state index is -5.37. The molecule has 144 valence electrons. The molecule has 1 amide bonds. The van der Waals surface area contributed by atoms with Crippen LogP contribution in [0.3, 0.4) is 0 Å². The molecule has 6 nitrogen and oxygen atoms in total. The van der Waals surface area contributed by atoms with Gasteiger partial charge in [-0.3, -0.25) is 4.79 Å². The topological polar surface area (TPSA) is 80.3 Å². The number of carbonyl (C=O) groups excluding carboxylic acids is 2. The van der Waals surface area contributed by atoms with Crippen LogP contribution in [0.25, 0.3) is 0 Å². The summed E-state index contributed by atoms with van der Waals surface area (Å²) < 4.78 is 59.5. The number of carbonyl (C=O) groups is 2. The number of pyridine rings is 1. The number of benzene rings is 1. The van der Waals surface area contributed by atoms with E-state index >= 15 is 0 Å². The molecule has 2 rings (SSSR count). The number of esters is 1. The molecule has 0 unspecified atom stereocenters. The summed E-state index contributed by atoms with van der Waals surface area (Å²) in [6.45, 7) is 0. The van der Waals surface area contributed by atoms with Crippen LogP contribution in [-0.2, 0) is 9.53 Å². The summed E-state index contributed by atoms with van der Waals surface area (Å²) in [6, 6.07) is 6.62. The zero-order valence-corrected chi connectivity index (χ0v) is 14.4. The largest absolute Gasteiger partial charge is 0.466 e. The number of rotatable bonds is 5. The molecule has 1 heterocycles. The number of hydrogen-bond acceptors (Lipinski definition) is 5. The molecule has 2 N–H and O–H groups in total. The van der Waals surface area contributed by atoms with Gasteiger partial charge < -0.3 is 15.4 Å². The van der Waals surface area contributed by atoms with Crippen LogP contribution >= 0.6 is 11.6 Å². The molecule has 0 saturated carbocycles. The molecule has 1 aromatic carbocycles. The monoisotopic (exact) mass is 405 g/mol. The van der Waals surface area contributed by atoms with Gasteiger partial charge in [-0.25, -0.2) is 14.2 Å². The molecular formula is C16H12ClF4N3O3. The summed E-state index contributed by atoms with van der Waals surface area (Å²) in [6.07, 6.45) is -4.34. The van der Waals surface area contributed by atoms with Crippen molar-refractivity contribution >= 4 is 29.3 Å². The standard InChI is InChI=1S/C16H12ClF4N3O3/c1-27-14(26)15(16(19,20)21,23-12-7-6-9(17)8-22-12)24-13(25)10-4-2-3-5-11(10)18/h2-8H,1H3,(H,22,23)(H,24,25)/t15-/m1/s1. The van der Waals surface area contributed by atoms with Gasteiger partial charge in [0.05, 0.1) is 17.7 Å². The second kappa shape index (κ2) is 7.78. The number of nitrogens with zero attached hydrogens (tertiary/aromatic N) is 1. The molecule has 0 aliphatic rings. The highest BCUT2D eigenvalue weighted by molar-refractivity contribution is 6.30. The molecule has 0 spiro atoms. The predicted octanol–water partition coefficient (Wildman–Crippen LogP) is 3.15. The van der Waals surface area contributed by atoms with E-state index in [0.29, 0.717) is 7.11 Å². The van der Waals surface area contributed by atoms with Gasteiger partial charge in [0, 0.05) is 6.20 Å². The Bertz CT molecular complexity index is 846. The number of aromatic nitrogens is 1. The van der Waals surface area contributed by atoms with E-state index in [1.807, 2.05) is 0 Å². The predicted molar refractivity (Wildman–Crippen MR) is 87.5 cm³/mol. The van der Waals surface area contributed by atoms with E-state index in [1.54, 1.807) is 5.32 Å². The Morgan fingerprint density at radius 1 is 1.15 bits per heavy atom. The fourth-order valence-corrected chi connectivity index (χ4v) is 2.18. The van der Waals surface area contributed by atoms with E-state index in [0.717, 1.165) is 24.4 Å². The fraction of sp³-hybridized carbons (Fsp3) is 0.188. The zero-order valence-electron chi connectivity index (χ0n) is 13.6. The molecule has 11 heteroatoms. The maximum absolute atomic E-state index is 13.8. The first kappa shape index (κ1) is 20.4. The highest BCUT2D eigenvalue weighted by Crippen LogP contribution is 2.33. The van der Waals surface area contributed by atoms with E-state index in [4.69, 9.17) is 11.6 Å². The first-order valence-corrected chi connectivity index (χ1v) is 7.60. The molecule has 0 aliphatic carbocycles. The van der Waals surface area contributed by atoms with Gasteiger partial charge in [-0.2, -0.15) is 13.2 Å². The van der Waals surface area contributed by atoms with Crippen molar-refractivity contribution in [3.63, 3.8) is 0 Å². The Balaban J connectivity index is 2.50. The normalized spacial score (nSPS) is 13.4. The molecule has 0 saturated heterocycles. The summed E-state index contributed by atoms with van der Waals surface area (Å²) in [7, 11) is 0.703. The lowest BCUT2D eigenvalue weighted by atomic mass is 10.1. The minimum Gasteiger partial charge on any atom is -0.466 e. The molecule has 27 heavy (non-hydrogen) atoms. The number of ether oxygens (including phenoxy) is 1. The Hall–Kier alpha value is -2.88. The summed E-state index contributed by atoms with van der Waals surface area (Å²) in [4.78, 5) is 27.9. The summed E-state index contributed by atoms with van der Waals surface area (Å²) >= 11 is 5.63. The van der Waals surface area contributed by atoms with E-state index in [9.17, 15) is 27.2 Å². The van der Waals surface area contributed by atoms with Gasteiger partial charge in [0.15, 0.2) is 0 Å². The van der Waals surface area contributed by atoms with E-state index in [2.05, 4.69) is 9.72 Å². The number of halogens is 5. The number of alkyl halides is 3. The van der Waals surface area contributed by atoms with Crippen LogP contribution in [0.2, 0.25) is 5.02 Å². The van der Waals surface area contributed by atoms with Gasteiger partial charge >= 0.3 is 17.8 Å². The molecular weight excluding hydrogens is 394 g/mol. The van der Waals surface area contributed by atoms with E-state index in [1.165, 1.54) is 23.5 Å². The van der Waals surface area contributed by atoms with Crippen LogP contribution in [0.15, 0.2) is 42.6 Å². The van der Waals surface area contributed by atoms with E-state index in [-0.39, 0.29) is 5.02 Å². The Morgan fingerprint density at radius 3 is 2.33 bits per heavy atom. The summed E-state index contributed by atoms with van der Waals surface area (Å²) in [5, 5.41) is 3.42. The van der Waals surface area contributed by atoms with E-state index < -0.39 is 40.9 Å². The van der Waals surface area contributed by atoms with Crippen molar-refractivity contribution in [3.05, 3.63) is 59.0 Å². The van der Waals surface area contributed by atoms with Crippen LogP contribution in [0, 0.1) is 5.82 Å². The lowest BCUT2D eigenvalue weighted by Crippen LogP contribution is -2.69. The van der Waals surface area contributed by atoms with Crippen molar-refractivity contribution < 1.29 is 31.9 Å². The number of amides is 1. The number of nitrogens with one attached hydrogen (secondary N) is 2. The number of anilines is 1. The van der Waals surface area contributed by atoms with Crippen LogP contribution in [0.4, 0.5) is 23.4 Å². The molecule has 0 fully saturated rings. The van der Waals surface area contributed by atoms with Crippen LogP contribution in [0.1, 0.15) is 10.4 Å². The third-order valence-corrected chi connectivity index (χ3v) is 3.60. The average Bonchev–Trinajstić information content (AvgIpc) is 2.61.